The molecule has 0 saturated heterocycles. The van der Waals surface area contributed by atoms with Crippen LogP contribution in [-0.4, -0.2) is 23.5 Å². The maximum absolute atomic E-state index is 13.8. The number of carbonyl (C=O) groups excluding carboxylic acids is 2. The summed E-state index contributed by atoms with van der Waals surface area (Å²) < 4.78 is 31.7. The zero-order valence-corrected chi connectivity index (χ0v) is 15.4. The van der Waals surface area contributed by atoms with Crippen LogP contribution in [0.2, 0.25) is 0 Å². The molecule has 0 aliphatic rings. The molecule has 0 aliphatic heterocycles. The highest BCUT2D eigenvalue weighted by atomic mass is 19.1. The van der Waals surface area contributed by atoms with Crippen LogP contribution in [-0.2, 0) is 4.74 Å². The van der Waals surface area contributed by atoms with Crippen molar-refractivity contribution in [3.8, 4) is 0 Å². The van der Waals surface area contributed by atoms with Gasteiger partial charge >= 0.3 is 5.97 Å². The maximum Gasteiger partial charge on any atom is 0.338 e. The third-order valence-corrected chi connectivity index (χ3v) is 3.87. The second kappa shape index (κ2) is 8.92. The summed E-state index contributed by atoms with van der Waals surface area (Å²) in [7, 11) is 0. The Hall–Kier alpha value is -3.81. The Balaban J connectivity index is 1.70. The van der Waals surface area contributed by atoms with Crippen molar-refractivity contribution in [2.24, 2.45) is 0 Å². The molecule has 2 aromatic carbocycles. The first-order chi connectivity index (χ1) is 14.0. The van der Waals surface area contributed by atoms with Crippen molar-refractivity contribution in [3.63, 3.8) is 0 Å². The highest BCUT2D eigenvalue weighted by molar-refractivity contribution is 6.04. The van der Waals surface area contributed by atoms with Crippen molar-refractivity contribution in [1.82, 2.24) is 4.98 Å². The molecular weight excluding hydrogens is 380 g/mol. The van der Waals surface area contributed by atoms with Crippen molar-refractivity contribution in [1.29, 1.82) is 0 Å². The van der Waals surface area contributed by atoms with Crippen LogP contribution in [0, 0.1) is 11.6 Å². The van der Waals surface area contributed by atoms with E-state index in [1.54, 1.807) is 31.2 Å². The Morgan fingerprint density at radius 2 is 1.76 bits per heavy atom. The van der Waals surface area contributed by atoms with Gasteiger partial charge in [-0.05, 0) is 55.5 Å². The quantitative estimate of drug-likeness (QED) is 0.598. The topological polar surface area (TPSA) is 80.3 Å². The lowest BCUT2D eigenvalue weighted by Gasteiger charge is -2.09. The summed E-state index contributed by atoms with van der Waals surface area (Å²) in [5.74, 6) is -2.10. The molecule has 0 unspecified atom stereocenters. The van der Waals surface area contributed by atoms with Crippen molar-refractivity contribution < 1.29 is 23.1 Å². The molecule has 2 N–H and O–H groups in total. The number of rotatable bonds is 6. The third-order valence-electron chi connectivity index (χ3n) is 3.87. The molecule has 3 rings (SSSR count). The Labute approximate surface area is 165 Å². The lowest BCUT2D eigenvalue weighted by molar-refractivity contribution is 0.0526. The van der Waals surface area contributed by atoms with Crippen molar-refractivity contribution >= 4 is 29.1 Å². The van der Waals surface area contributed by atoms with Crippen molar-refractivity contribution in [3.05, 3.63) is 83.6 Å². The number of esters is 1. The van der Waals surface area contributed by atoms with E-state index in [9.17, 15) is 18.4 Å². The average molecular weight is 397 g/mol. The lowest BCUT2D eigenvalue weighted by Crippen LogP contribution is -2.13. The molecule has 3 aromatic rings. The van der Waals surface area contributed by atoms with Gasteiger partial charge in [-0.25, -0.2) is 18.6 Å². The fourth-order valence-corrected chi connectivity index (χ4v) is 2.48. The van der Waals surface area contributed by atoms with Gasteiger partial charge in [0.1, 0.15) is 17.5 Å². The Bertz CT molecular complexity index is 1040. The number of hydrogen-bond donors (Lipinski definition) is 2. The standard InChI is InChI=1S/C21H17F2N3O3/c1-2-29-21(28)13-3-6-16(7-4-13)25-20(27)14-9-10-24-19(11-14)26-18-8-5-15(22)12-17(18)23/h3-12H,2H2,1H3,(H,24,26)(H,25,27). The summed E-state index contributed by atoms with van der Waals surface area (Å²) in [5.41, 5.74) is 1.17. The van der Waals surface area contributed by atoms with Gasteiger partial charge in [0.05, 0.1) is 17.9 Å². The second-order valence-corrected chi connectivity index (χ2v) is 5.93. The summed E-state index contributed by atoms with van der Waals surface area (Å²) in [6, 6.07) is 12.3. The van der Waals surface area contributed by atoms with Crippen LogP contribution in [0.3, 0.4) is 0 Å². The van der Waals surface area contributed by atoms with E-state index in [0.29, 0.717) is 11.3 Å². The van der Waals surface area contributed by atoms with Crippen molar-refractivity contribution in [2.45, 2.75) is 6.92 Å². The van der Waals surface area contributed by atoms with Crippen LogP contribution in [0.15, 0.2) is 60.8 Å². The van der Waals surface area contributed by atoms with E-state index in [2.05, 4.69) is 15.6 Å². The summed E-state index contributed by atoms with van der Waals surface area (Å²) in [6.45, 7) is 1.99. The molecule has 0 fully saturated rings. The van der Waals surface area contributed by atoms with Crippen molar-refractivity contribution in [2.75, 3.05) is 17.2 Å². The number of nitrogens with zero attached hydrogens (tertiary/aromatic N) is 1. The van der Waals surface area contributed by atoms with Gasteiger partial charge in [-0.2, -0.15) is 0 Å². The normalized spacial score (nSPS) is 10.3. The van der Waals surface area contributed by atoms with E-state index < -0.39 is 23.5 Å². The summed E-state index contributed by atoms with van der Waals surface area (Å²) in [6.07, 6.45) is 1.39. The van der Waals surface area contributed by atoms with Gasteiger partial charge in [0.15, 0.2) is 0 Å². The zero-order chi connectivity index (χ0) is 20.8. The first kappa shape index (κ1) is 19.9. The number of anilines is 3. The number of nitrogens with one attached hydrogen (secondary N) is 2. The number of ether oxygens (including phenoxy) is 1. The summed E-state index contributed by atoms with van der Waals surface area (Å²) in [4.78, 5) is 28.2. The van der Waals surface area contributed by atoms with Gasteiger partial charge in [-0.15, -0.1) is 0 Å². The smallest absolute Gasteiger partial charge is 0.338 e. The lowest BCUT2D eigenvalue weighted by atomic mass is 10.2. The fraction of sp³-hybridized carbons (Fsp3) is 0.0952. The first-order valence-corrected chi connectivity index (χ1v) is 8.73. The van der Waals surface area contributed by atoms with E-state index in [1.165, 1.54) is 24.4 Å². The Morgan fingerprint density at radius 3 is 2.45 bits per heavy atom. The predicted octanol–water partition coefficient (Wildman–Crippen LogP) is 4.53. The minimum Gasteiger partial charge on any atom is -0.462 e. The van der Waals surface area contributed by atoms with Crippen LogP contribution in [0.25, 0.3) is 0 Å². The van der Waals surface area contributed by atoms with Crippen LogP contribution in [0.4, 0.5) is 26.0 Å². The highest BCUT2D eigenvalue weighted by Crippen LogP contribution is 2.20. The average Bonchev–Trinajstić information content (AvgIpc) is 2.71. The Morgan fingerprint density at radius 1 is 1.00 bits per heavy atom. The highest BCUT2D eigenvalue weighted by Gasteiger charge is 2.11. The van der Waals surface area contributed by atoms with Gasteiger partial charge in [-0.1, -0.05) is 0 Å². The number of carbonyl (C=O) groups is 2. The maximum atomic E-state index is 13.8. The number of halogens is 2. The summed E-state index contributed by atoms with van der Waals surface area (Å²) in [5, 5.41) is 5.40. The zero-order valence-electron chi connectivity index (χ0n) is 15.4. The van der Waals surface area contributed by atoms with E-state index in [1.807, 2.05) is 0 Å². The molecule has 0 saturated carbocycles. The minimum absolute atomic E-state index is 0.0333. The monoisotopic (exact) mass is 397 g/mol. The first-order valence-electron chi connectivity index (χ1n) is 8.73. The predicted molar refractivity (Wildman–Crippen MR) is 104 cm³/mol. The van der Waals surface area contributed by atoms with Gasteiger partial charge in [0, 0.05) is 23.5 Å². The van der Waals surface area contributed by atoms with Crippen LogP contribution in [0.5, 0.6) is 0 Å². The number of aromatic nitrogens is 1. The van der Waals surface area contributed by atoms with Gasteiger partial charge in [-0.3, -0.25) is 4.79 Å². The minimum atomic E-state index is -0.775. The molecule has 0 bridgehead atoms. The van der Waals surface area contributed by atoms with Crippen LogP contribution >= 0.6 is 0 Å². The van der Waals surface area contributed by atoms with Gasteiger partial charge in [0.25, 0.3) is 5.91 Å². The summed E-state index contributed by atoms with van der Waals surface area (Å²) >= 11 is 0. The molecule has 8 heteroatoms. The molecule has 29 heavy (non-hydrogen) atoms. The number of hydrogen-bond acceptors (Lipinski definition) is 5. The molecule has 0 spiro atoms. The SMILES string of the molecule is CCOC(=O)c1ccc(NC(=O)c2ccnc(Nc3ccc(F)cc3F)c2)cc1. The number of pyridine rings is 1. The van der Waals surface area contributed by atoms with Gasteiger partial charge < -0.3 is 15.4 Å². The molecule has 6 nitrogen and oxygen atoms in total. The molecule has 1 amide bonds. The number of amides is 1. The molecule has 0 radical (unpaired) electrons. The molecule has 0 atom stereocenters. The second-order valence-electron chi connectivity index (χ2n) is 5.93. The molecule has 1 heterocycles. The molecule has 148 valence electrons. The molecule has 1 aromatic heterocycles. The van der Waals surface area contributed by atoms with Gasteiger partial charge in [0.2, 0.25) is 0 Å². The molecular formula is C21H17F2N3O3. The van der Waals surface area contributed by atoms with E-state index in [0.717, 1.165) is 12.1 Å². The van der Waals surface area contributed by atoms with E-state index in [-0.39, 0.29) is 23.7 Å². The molecule has 0 aliphatic carbocycles. The van der Waals surface area contributed by atoms with Crippen LogP contribution < -0.4 is 10.6 Å². The largest absolute Gasteiger partial charge is 0.462 e. The van der Waals surface area contributed by atoms with E-state index >= 15 is 0 Å². The number of benzene rings is 2. The Kier molecular flexibility index (Phi) is 6.13. The fourth-order valence-electron chi connectivity index (χ4n) is 2.48. The van der Waals surface area contributed by atoms with Crippen LogP contribution in [0.1, 0.15) is 27.6 Å². The van der Waals surface area contributed by atoms with E-state index in [4.69, 9.17) is 4.74 Å². The third kappa shape index (κ3) is 5.13.